The molecular formula is C8H12O5. The molecule has 0 unspecified atom stereocenters. The molecule has 0 bridgehead atoms. The minimum atomic E-state index is -0.793. The summed E-state index contributed by atoms with van der Waals surface area (Å²) in [6.07, 6.45) is -0.484. The van der Waals surface area contributed by atoms with Gasteiger partial charge in [0.2, 0.25) is 0 Å². The summed E-state index contributed by atoms with van der Waals surface area (Å²) in [5, 5.41) is 8.72. The molecule has 74 valence electrons. The second kappa shape index (κ2) is 4.25. The van der Waals surface area contributed by atoms with E-state index in [4.69, 9.17) is 14.6 Å². The van der Waals surface area contributed by atoms with E-state index >= 15 is 0 Å². The lowest BCUT2D eigenvalue weighted by Crippen LogP contribution is -2.42. The summed E-state index contributed by atoms with van der Waals surface area (Å²) in [5.41, 5.74) is -0.0139. The zero-order valence-electron chi connectivity index (χ0n) is 7.52. The first-order valence-corrected chi connectivity index (χ1v) is 4.01. The van der Waals surface area contributed by atoms with Gasteiger partial charge >= 0.3 is 5.97 Å². The van der Waals surface area contributed by atoms with Crippen LogP contribution in [0.15, 0.2) is 11.8 Å². The van der Waals surface area contributed by atoms with Gasteiger partial charge in [0.15, 0.2) is 12.6 Å². The fourth-order valence-corrected chi connectivity index (χ4v) is 0.929. The molecular weight excluding hydrogens is 176 g/mol. The molecule has 0 aliphatic carbocycles. The van der Waals surface area contributed by atoms with Gasteiger partial charge in [-0.3, -0.25) is 0 Å². The third-order valence-electron chi connectivity index (χ3n) is 1.53. The Kier molecular flexibility index (Phi) is 3.27. The van der Waals surface area contributed by atoms with Gasteiger partial charge < -0.3 is 19.3 Å². The second-order valence-corrected chi connectivity index (χ2v) is 2.48. The average Bonchev–Trinajstić information content (AvgIpc) is 2.03. The maximum Gasteiger partial charge on any atom is 0.342 e. The van der Waals surface area contributed by atoms with E-state index in [1.54, 1.807) is 13.8 Å². The van der Waals surface area contributed by atoms with Crippen LogP contribution >= 0.6 is 0 Å². The molecule has 0 radical (unpaired) electrons. The smallest absolute Gasteiger partial charge is 0.342 e. The van der Waals surface area contributed by atoms with Crippen LogP contribution in [-0.4, -0.2) is 30.3 Å². The fraction of sp³-hybridized carbons (Fsp3) is 0.625. The first-order chi connectivity index (χ1) is 6.19. The predicted octanol–water partition coefficient (Wildman–Crippen LogP) is 0.710. The SMILES string of the molecule is CCOC(=O)/C(=C\O)C1OC(C)O1. The summed E-state index contributed by atoms with van der Waals surface area (Å²) in [6, 6.07) is 0. The largest absolute Gasteiger partial charge is 0.515 e. The van der Waals surface area contributed by atoms with Gasteiger partial charge in [-0.1, -0.05) is 0 Å². The van der Waals surface area contributed by atoms with Crippen LogP contribution in [0.25, 0.3) is 0 Å². The summed E-state index contributed by atoms with van der Waals surface area (Å²) in [6.45, 7) is 3.62. The van der Waals surface area contributed by atoms with Crippen molar-refractivity contribution in [1.29, 1.82) is 0 Å². The highest BCUT2D eigenvalue weighted by Crippen LogP contribution is 2.23. The van der Waals surface area contributed by atoms with Crippen LogP contribution in [0.2, 0.25) is 0 Å². The Labute approximate surface area is 75.9 Å². The van der Waals surface area contributed by atoms with Gasteiger partial charge in [-0.05, 0) is 13.8 Å². The molecule has 0 amide bonds. The minimum absolute atomic E-state index is 0.0139. The average molecular weight is 188 g/mol. The van der Waals surface area contributed by atoms with Gasteiger partial charge in [0, 0.05) is 0 Å². The van der Waals surface area contributed by atoms with Crippen molar-refractivity contribution in [1.82, 2.24) is 0 Å². The highest BCUT2D eigenvalue weighted by Gasteiger charge is 2.35. The Morgan fingerprint density at radius 3 is 2.62 bits per heavy atom. The van der Waals surface area contributed by atoms with Crippen molar-refractivity contribution in [2.24, 2.45) is 0 Å². The van der Waals surface area contributed by atoms with E-state index in [0.29, 0.717) is 6.26 Å². The van der Waals surface area contributed by atoms with Crippen LogP contribution in [0.5, 0.6) is 0 Å². The first kappa shape index (κ1) is 10.0. The summed E-state index contributed by atoms with van der Waals surface area (Å²) in [5.74, 6) is -0.623. The molecule has 1 aliphatic rings. The zero-order valence-corrected chi connectivity index (χ0v) is 7.52. The highest BCUT2D eigenvalue weighted by atomic mass is 16.9. The highest BCUT2D eigenvalue weighted by molar-refractivity contribution is 5.89. The lowest BCUT2D eigenvalue weighted by Gasteiger charge is -2.33. The first-order valence-electron chi connectivity index (χ1n) is 4.01. The number of aliphatic hydroxyl groups excluding tert-OH is 1. The number of carbonyl (C=O) groups excluding carboxylic acids is 1. The van der Waals surface area contributed by atoms with Crippen molar-refractivity contribution in [3.05, 3.63) is 11.8 Å². The second-order valence-electron chi connectivity index (χ2n) is 2.48. The van der Waals surface area contributed by atoms with Crippen molar-refractivity contribution in [3.63, 3.8) is 0 Å². The Balaban J connectivity index is 2.49. The number of ether oxygens (including phenoxy) is 3. The quantitative estimate of drug-likeness (QED) is 0.401. The van der Waals surface area contributed by atoms with Crippen molar-refractivity contribution in [2.75, 3.05) is 6.61 Å². The summed E-state index contributed by atoms with van der Waals surface area (Å²) in [7, 11) is 0. The third-order valence-corrected chi connectivity index (χ3v) is 1.53. The van der Waals surface area contributed by atoms with Crippen LogP contribution in [0.1, 0.15) is 13.8 Å². The molecule has 0 aromatic heterocycles. The maximum absolute atomic E-state index is 11.1. The number of rotatable bonds is 3. The van der Waals surface area contributed by atoms with Crippen LogP contribution in [0.4, 0.5) is 0 Å². The number of hydrogen-bond donors (Lipinski definition) is 1. The van der Waals surface area contributed by atoms with Gasteiger partial charge in [0.25, 0.3) is 0 Å². The van der Waals surface area contributed by atoms with Gasteiger partial charge in [-0.15, -0.1) is 0 Å². The zero-order chi connectivity index (χ0) is 9.84. The Morgan fingerprint density at radius 2 is 2.23 bits per heavy atom. The topological polar surface area (TPSA) is 65.0 Å². The van der Waals surface area contributed by atoms with Crippen molar-refractivity contribution in [2.45, 2.75) is 26.4 Å². The molecule has 13 heavy (non-hydrogen) atoms. The lowest BCUT2D eigenvalue weighted by atomic mass is 10.2. The van der Waals surface area contributed by atoms with Gasteiger partial charge in [-0.2, -0.15) is 0 Å². The van der Waals surface area contributed by atoms with E-state index in [1.807, 2.05) is 0 Å². The van der Waals surface area contributed by atoms with Crippen molar-refractivity contribution < 1.29 is 24.1 Å². The van der Waals surface area contributed by atoms with Gasteiger partial charge in [-0.25, -0.2) is 4.79 Å². The molecule has 0 saturated carbocycles. The van der Waals surface area contributed by atoms with Crippen LogP contribution in [0.3, 0.4) is 0 Å². The van der Waals surface area contributed by atoms with E-state index in [9.17, 15) is 4.79 Å². The minimum Gasteiger partial charge on any atom is -0.515 e. The normalized spacial score (nSPS) is 28.0. The predicted molar refractivity (Wildman–Crippen MR) is 42.8 cm³/mol. The molecule has 1 saturated heterocycles. The molecule has 5 heteroatoms. The number of aliphatic hydroxyl groups is 1. The third kappa shape index (κ3) is 2.19. The fourth-order valence-electron chi connectivity index (χ4n) is 0.929. The molecule has 1 heterocycles. The van der Waals surface area contributed by atoms with E-state index in [2.05, 4.69) is 4.74 Å². The summed E-state index contributed by atoms with van der Waals surface area (Å²) >= 11 is 0. The molecule has 0 aromatic carbocycles. The van der Waals surface area contributed by atoms with Gasteiger partial charge in [0.1, 0.15) is 5.57 Å². The molecule has 5 nitrogen and oxygen atoms in total. The molecule has 0 aromatic rings. The van der Waals surface area contributed by atoms with E-state index in [-0.39, 0.29) is 18.5 Å². The van der Waals surface area contributed by atoms with Gasteiger partial charge in [0.05, 0.1) is 12.9 Å². The summed E-state index contributed by atoms with van der Waals surface area (Å²) in [4.78, 5) is 11.1. The van der Waals surface area contributed by atoms with Crippen molar-refractivity contribution in [3.8, 4) is 0 Å². The number of carbonyl (C=O) groups is 1. The molecule has 0 atom stereocenters. The van der Waals surface area contributed by atoms with Crippen LogP contribution < -0.4 is 0 Å². The van der Waals surface area contributed by atoms with Crippen LogP contribution in [0, 0.1) is 0 Å². The standard InChI is InChI=1S/C8H12O5/c1-3-11-7(10)6(4-9)8-12-5(2)13-8/h4-5,8-9H,3H2,1-2H3/b6-4+. The maximum atomic E-state index is 11.1. The van der Waals surface area contributed by atoms with E-state index < -0.39 is 12.3 Å². The van der Waals surface area contributed by atoms with E-state index in [1.165, 1.54) is 0 Å². The Hall–Kier alpha value is -1.07. The molecule has 1 rings (SSSR count). The molecule has 1 fully saturated rings. The molecule has 1 aliphatic heterocycles. The summed E-state index contributed by atoms with van der Waals surface area (Å²) < 4.78 is 14.7. The van der Waals surface area contributed by atoms with E-state index in [0.717, 1.165) is 0 Å². The molecule has 0 spiro atoms. The van der Waals surface area contributed by atoms with Crippen molar-refractivity contribution >= 4 is 5.97 Å². The lowest BCUT2D eigenvalue weighted by molar-refractivity contribution is -0.359. The number of esters is 1. The molecule has 1 N–H and O–H groups in total. The monoisotopic (exact) mass is 188 g/mol. The Morgan fingerprint density at radius 1 is 1.62 bits per heavy atom. The Bertz CT molecular complexity index is 217. The number of hydrogen-bond acceptors (Lipinski definition) is 5. The van der Waals surface area contributed by atoms with Crippen LogP contribution in [-0.2, 0) is 19.0 Å².